The van der Waals surface area contributed by atoms with Crippen LogP contribution in [0, 0.1) is 0 Å². The molecule has 0 amide bonds. The molecule has 6 nitrogen and oxygen atoms in total. The molecule has 0 radical (unpaired) electrons. The number of ether oxygens (including phenoxy) is 2. The van der Waals surface area contributed by atoms with E-state index >= 15 is 0 Å². The van der Waals surface area contributed by atoms with Gasteiger partial charge in [-0.05, 0) is 44.8 Å². The summed E-state index contributed by atoms with van der Waals surface area (Å²) >= 11 is 0. The Morgan fingerprint density at radius 2 is 2.04 bits per heavy atom. The van der Waals surface area contributed by atoms with E-state index in [4.69, 9.17) is 9.47 Å². The number of nitrogens with zero attached hydrogens (tertiary/aromatic N) is 2. The van der Waals surface area contributed by atoms with Crippen LogP contribution in [0.3, 0.4) is 0 Å². The van der Waals surface area contributed by atoms with Crippen LogP contribution < -0.4 is 15.4 Å². The van der Waals surface area contributed by atoms with Gasteiger partial charge in [-0.3, -0.25) is 9.89 Å². The molecule has 0 aromatic heterocycles. The average molecular weight is 488 g/mol. The molecule has 2 N–H and O–H groups in total. The zero-order valence-corrected chi connectivity index (χ0v) is 18.8. The molecule has 3 rings (SSSR count). The molecule has 0 aliphatic carbocycles. The highest BCUT2D eigenvalue weighted by Gasteiger charge is 2.26. The third-order valence-electron chi connectivity index (χ3n) is 5.29. The maximum atomic E-state index is 5.68. The fraction of sp³-hybridized carbons (Fsp3) is 0.650. The van der Waals surface area contributed by atoms with Gasteiger partial charge in [0, 0.05) is 32.3 Å². The van der Waals surface area contributed by atoms with Crippen LogP contribution in [0.25, 0.3) is 0 Å². The molecular weight excluding hydrogens is 455 g/mol. The molecule has 1 aromatic rings. The second kappa shape index (κ2) is 11.7. The summed E-state index contributed by atoms with van der Waals surface area (Å²) in [5.74, 6) is 1.79. The second-order valence-corrected chi connectivity index (χ2v) is 6.97. The molecule has 2 saturated heterocycles. The van der Waals surface area contributed by atoms with Crippen molar-refractivity contribution in [3.05, 3.63) is 29.8 Å². The summed E-state index contributed by atoms with van der Waals surface area (Å²) in [6, 6.07) is 8.61. The van der Waals surface area contributed by atoms with E-state index in [1.807, 2.05) is 19.2 Å². The molecule has 2 aliphatic rings. The summed E-state index contributed by atoms with van der Waals surface area (Å²) in [7, 11) is 3.56. The van der Waals surface area contributed by atoms with Gasteiger partial charge >= 0.3 is 0 Å². The summed E-state index contributed by atoms with van der Waals surface area (Å²) < 4.78 is 11.3. The molecule has 152 valence electrons. The van der Waals surface area contributed by atoms with E-state index in [9.17, 15) is 0 Å². The van der Waals surface area contributed by atoms with Gasteiger partial charge in [0.2, 0.25) is 0 Å². The van der Waals surface area contributed by atoms with Crippen LogP contribution in [0.2, 0.25) is 0 Å². The number of likely N-dealkylation sites (tertiary alicyclic amines) is 1. The Morgan fingerprint density at radius 3 is 2.70 bits per heavy atom. The largest absolute Gasteiger partial charge is 0.496 e. The molecule has 0 bridgehead atoms. The van der Waals surface area contributed by atoms with Crippen molar-refractivity contribution in [3.63, 3.8) is 0 Å². The minimum Gasteiger partial charge on any atom is -0.496 e. The summed E-state index contributed by atoms with van der Waals surface area (Å²) in [6.07, 6.45) is 5.11. The molecule has 2 aliphatic heterocycles. The van der Waals surface area contributed by atoms with Crippen molar-refractivity contribution >= 4 is 29.9 Å². The minimum atomic E-state index is 0. The molecule has 0 spiro atoms. The predicted octanol–water partition coefficient (Wildman–Crippen LogP) is 2.79. The Bertz CT molecular complexity index is 587. The monoisotopic (exact) mass is 488 g/mol. The van der Waals surface area contributed by atoms with Gasteiger partial charge in [0.05, 0.1) is 19.3 Å². The van der Waals surface area contributed by atoms with Crippen LogP contribution in [-0.2, 0) is 4.74 Å². The number of aliphatic imine (C=N–C) groups is 1. The lowest BCUT2D eigenvalue weighted by molar-refractivity contribution is 0.113. The van der Waals surface area contributed by atoms with Gasteiger partial charge in [0.15, 0.2) is 5.96 Å². The average Bonchev–Trinajstić information content (AvgIpc) is 3.39. The second-order valence-electron chi connectivity index (χ2n) is 6.97. The predicted molar refractivity (Wildman–Crippen MR) is 120 cm³/mol. The third-order valence-corrected chi connectivity index (χ3v) is 5.29. The first-order valence-electron chi connectivity index (χ1n) is 9.75. The Labute approximate surface area is 180 Å². The first kappa shape index (κ1) is 22.2. The van der Waals surface area contributed by atoms with Crippen molar-refractivity contribution < 1.29 is 9.47 Å². The highest BCUT2D eigenvalue weighted by Crippen LogP contribution is 2.31. The number of hydrogen-bond donors (Lipinski definition) is 2. The van der Waals surface area contributed by atoms with Crippen LogP contribution in [-0.4, -0.2) is 63.9 Å². The maximum absolute atomic E-state index is 5.68. The SMILES string of the molecule is CN=C(NCC1CCCO1)NCC(c1ccccc1OC)N1CCCC1.I. The number of rotatable bonds is 7. The van der Waals surface area contributed by atoms with Crippen LogP contribution in [0.4, 0.5) is 0 Å². The van der Waals surface area contributed by atoms with Gasteiger partial charge in [-0.1, -0.05) is 18.2 Å². The molecular formula is C20H33IN4O2. The molecule has 2 heterocycles. The van der Waals surface area contributed by atoms with E-state index in [0.717, 1.165) is 57.3 Å². The lowest BCUT2D eigenvalue weighted by Crippen LogP contribution is -2.44. The van der Waals surface area contributed by atoms with E-state index in [1.54, 1.807) is 7.11 Å². The van der Waals surface area contributed by atoms with Gasteiger partial charge in [0.25, 0.3) is 0 Å². The number of para-hydroxylation sites is 1. The van der Waals surface area contributed by atoms with Crippen molar-refractivity contribution in [2.45, 2.75) is 37.8 Å². The zero-order chi connectivity index (χ0) is 18.2. The standard InChI is InChI=1S/C20H32N4O2.HI/c1-21-20(22-14-16-8-7-13-26-16)23-15-18(24-11-5-6-12-24)17-9-3-4-10-19(17)25-2;/h3-4,9-10,16,18H,5-8,11-15H2,1-2H3,(H2,21,22,23);1H. The first-order chi connectivity index (χ1) is 12.8. The van der Waals surface area contributed by atoms with Crippen LogP contribution >= 0.6 is 24.0 Å². The molecule has 2 atom stereocenters. The summed E-state index contributed by atoms with van der Waals surface area (Å²) in [6.45, 7) is 4.75. The Hall–Kier alpha value is -1.06. The van der Waals surface area contributed by atoms with E-state index in [1.165, 1.54) is 18.4 Å². The smallest absolute Gasteiger partial charge is 0.191 e. The Morgan fingerprint density at radius 1 is 1.26 bits per heavy atom. The van der Waals surface area contributed by atoms with Gasteiger partial charge in [-0.15, -0.1) is 24.0 Å². The van der Waals surface area contributed by atoms with Gasteiger partial charge in [-0.2, -0.15) is 0 Å². The number of nitrogens with one attached hydrogen (secondary N) is 2. The number of hydrogen-bond acceptors (Lipinski definition) is 4. The maximum Gasteiger partial charge on any atom is 0.191 e. The lowest BCUT2D eigenvalue weighted by Gasteiger charge is -2.30. The topological polar surface area (TPSA) is 58.1 Å². The molecule has 2 unspecified atom stereocenters. The van der Waals surface area contributed by atoms with E-state index in [2.05, 4.69) is 32.7 Å². The molecule has 27 heavy (non-hydrogen) atoms. The van der Waals surface area contributed by atoms with Crippen LogP contribution in [0.15, 0.2) is 29.3 Å². The van der Waals surface area contributed by atoms with E-state index < -0.39 is 0 Å². The third kappa shape index (κ3) is 6.22. The number of methoxy groups -OCH3 is 1. The number of benzene rings is 1. The number of guanidine groups is 1. The summed E-state index contributed by atoms with van der Waals surface area (Å²) in [5.41, 5.74) is 1.24. The summed E-state index contributed by atoms with van der Waals surface area (Å²) in [5, 5.41) is 6.91. The van der Waals surface area contributed by atoms with E-state index in [-0.39, 0.29) is 30.0 Å². The lowest BCUT2D eigenvalue weighted by atomic mass is 10.0. The fourth-order valence-corrected chi connectivity index (χ4v) is 3.86. The summed E-state index contributed by atoms with van der Waals surface area (Å²) in [4.78, 5) is 6.91. The van der Waals surface area contributed by atoms with Crippen molar-refractivity contribution in [2.75, 3.05) is 46.9 Å². The number of halogens is 1. The van der Waals surface area contributed by atoms with E-state index in [0.29, 0.717) is 6.10 Å². The fourth-order valence-electron chi connectivity index (χ4n) is 3.86. The van der Waals surface area contributed by atoms with Crippen LogP contribution in [0.5, 0.6) is 5.75 Å². The quantitative estimate of drug-likeness (QED) is 0.351. The van der Waals surface area contributed by atoms with Crippen molar-refractivity contribution in [1.82, 2.24) is 15.5 Å². The molecule has 2 fully saturated rings. The zero-order valence-electron chi connectivity index (χ0n) is 16.4. The van der Waals surface area contributed by atoms with Crippen molar-refractivity contribution in [2.24, 2.45) is 4.99 Å². The van der Waals surface area contributed by atoms with Crippen LogP contribution in [0.1, 0.15) is 37.3 Å². The van der Waals surface area contributed by atoms with Gasteiger partial charge < -0.3 is 20.1 Å². The Balaban J connectivity index is 0.00000261. The minimum absolute atomic E-state index is 0. The highest BCUT2D eigenvalue weighted by atomic mass is 127. The highest BCUT2D eigenvalue weighted by molar-refractivity contribution is 14.0. The molecule has 7 heteroatoms. The van der Waals surface area contributed by atoms with Crippen molar-refractivity contribution in [1.29, 1.82) is 0 Å². The molecule has 1 aromatic carbocycles. The first-order valence-corrected chi connectivity index (χ1v) is 9.75. The van der Waals surface area contributed by atoms with Crippen molar-refractivity contribution in [3.8, 4) is 5.75 Å². The molecule has 0 saturated carbocycles. The van der Waals surface area contributed by atoms with Gasteiger partial charge in [0.1, 0.15) is 5.75 Å². The normalized spacial score (nSPS) is 21.6. The van der Waals surface area contributed by atoms with Gasteiger partial charge in [-0.25, -0.2) is 0 Å². The Kier molecular flexibility index (Phi) is 9.64.